The van der Waals surface area contributed by atoms with Crippen molar-refractivity contribution in [2.24, 2.45) is 0 Å². The molecule has 2 unspecified atom stereocenters. The van der Waals surface area contributed by atoms with Gasteiger partial charge in [0.05, 0.1) is 11.5 Å². The predicted octanol–water partition coefficient (Wildman–Crippen LogP) is 1.20. The van der Waals surface area contributed by atoms with Crippen molar-refractivity contribution in [3.63, 3.8) is 0 Å². The first-order chi connectivity index (χ1) is 6.57. The highest BCUT2D eigenvalue weighted by Crippen LogP contribution is 2.22. The minimum atomic E-state index is -2.87. The average Bonchev–Trinajstić information content (AvgIpc) is 2.51. The van der Waals surface area contributed by atoms with Crippen molar-refractivity contribution in [1.82, 2.24) is 5.32 Å². The quantitative estimate of drug-likeness (QED) is 0.790. The normalized spacial score (nSPS) is 31.5. The van der Waals surface area contributed by atoms with Gasteiger partial charge >= 0.3 is 0 Å². The van der Waals surface area contributed by atoms with E-state index in [0.29, 0.717) is 0 Å². The summed E-state index contributed by atoms with van der Waals surface area (Å²) in [4.78, 5) is 0. The molecule has 1 N–H and O–H groups in total. The Labute approximate surface area is 88.1 Å². The fourth-order valence-corrected chi connectivity index (χ4v) is 4.31. The van der Waals surface area contributed by atoms with Crippen molar-refractivity contribution in [2.75, 3.05) is 11.5 Å². The zero-order valence-corrected chi connectivity index (χ0v) is 9.57. The molecule has 1 saturated heterocycles. The molecule has 0 radical (unpaired) electrons. The minimum Gasteiger partial charge on any atom is -0.306 e. The van der Waals surface area contributed by atoms with Gasteiger partial charge in [0.1, 0.15) is 0 Å². The maximum absolute atomic E-state index is 11.5. The molecule has 0 spiro atoms. The van der Waals surface area contributed by atoms with Crippen LogP contribution in [0.4, 0.5) is 0 Å². The molecule has 0 aromatic carbocycles. The van der Waals surface area contributed by atoms with E-state index in [9.17, 15) is 8.42 Å². The van der Waals surface area contributed by atoms with E-state index in [0.717, 1.165) is 5.56 Å². The lowest BCUT2D eigenvalue weighted by molar-refractivity contribution is 0.469. The number of hydrogen-bond donors (Lipinski definition) is 1. The molecule has 0 aliphatic carbocycles. The predicted molar refractivity (Wildman–Crippen MR) is 58.3 cm³/mol. The van der Waals surface area contributed by atoms with Crippen molar-refractivity contribution in [3.05, 3.63) is 22.4 Å². The molecule has 1 fully saturated rings. The maximum atomic E-state index is 11.5. The number of nitrogens with one attached hydrogen (secondary N) is 1. The van der Waals surface area contributed by atoms with E-state index in [1.807, 2.05) is 23.8 Å². The molecule has 1 aromatic rings. The van der Waals surface area contributed by atoms with E-state index >= 15 is 0 Å². The van der Waals surface area contributed by atoms with Crippen molar-refractivity contribution < 1.29 is 8.42 Å². The Morgan fingerprint density at radius 3 is 2.86 bits per heavy atom. The first-order valence-electron chi connectivity index (χ1n) is 4.55. The second-order valence-electron chi connectivity index (χ2n) is 3.75. The van der Waals surface area contributed by atoms with Crippen LogP contribution in [0.2, 0.25) is 0 Å². The van der Waals surface area contributed by atoms with Crippen LogP contribution in [0.5, 0.6) is 0 Å². The van der Waals surface area contributed by atoms with Crippen molar-refractivity contribution in [2.45, 2.75) is 19.0 Å². The highest BCUT2D eigenvalue weighted by Gasteiger charge is 2.29. The van der Waals surface area contributed by atoms with Gasteiger partial charge in [-0.2, -0.15) is 11.3 Å². The second-order valence-corrected chi connectivity index (χ2v) is 6.69. The summed E-state index contributed by atoms with van der Waals surface area (Å²) >= 11 is 1.60. The van der Waals surface area contributed by atoms with Gasteiger partial charge in [0, 0.05) is 12.1 Å². The van der Waals surface area contributed by atoms with Crippen LogP contribution in [0.15, 0.2) is 16.8 Å². The van der Waals surface area contributed by atoms with E-state index in [1.54, 1.807) is 11.3 Å². The molecule has 1 aliphatic heterocycles. The van der Waals surface area contributed by atoms with Crippen molar-refractivity contribution >= 4 is 21.2 Å². The molecule has 14 heavy (non-hydrogen) atoms. The second kappa shape index (κ2) is 3.64. The largest absolute Gasteiger partial charge is 0.306 e. The summed E-state index contributed by atoms with van der Waals surface area (Å²) in [6.07, 6.45) is 0. The molecular formula is C9H13NO2S2. The van der Waals surface area contributed by atoms with Crippen LogP contribution in [0.25, 0.3) is 0 Å². The third-order valence-corrected chi connectivity index (χ3v) is 4.91. The van der Waals surface area contributed by atoms with Gasteiger partial charge in [-0.25, -0.2) is 8.42 Å². The Hall–Kier alpha value is -0.390. The maximum Gasteiger partial charge on any atom is 0.153 e. The molecule has 0 saturated carbocycles. The van der Waals surface area contributed by atoms with Gasteiger partial charge in [-0.05, 0) is 29.3 Å². The van der Waals surface area contributed by atoms with Crippen molar-refractivity contribution in [3.8, 4) is 0 Å². The molecule has 2 atom stereocenters. The monoisotopic (exact) mass is 231 g/mol. The van der Waals surface area contributed by atoms with Crippen LogP contribution in [0.1, 0.15) is 18.5 Å². The lowest BCUT2D eigenvalue weighted by atomic mass is 10.1. The van der Waals surface area contributed by atoms with Crippen LogP contribution in [0, 0.1) is 0 Å². The molecule has 1 aliphatic rings. The summed E-state index contributed by atoms with van der Waals surface area (Å²) in [5.41, 5.74) is 1.09. The molecule has 78 valence electrons. The Morgan fingerprint density at radius 1 is 1.50 bits per heavy atom. The summed E-state index contributed by atoms with van der Waals surface area (Å²) in [7, 11) is -2.87. The average molecular weight is 231 g/mol. The highest BCUT2D eigenvalue weighted by atomic mass is 32.2. The fourth-order valence-electron chi connectivity index (χ4n) is 1.81. The summed E-state index contributed by atoms with van der Waals surface area (Å²) in [6, 6.07) is 2.02. The molecular weight excluding hydrogens is 218 g/mol. The lowest BCUT2D eigenvalue weighted by Gasteiger charge is -2.28. The Balaban J connectivity index is 2.22. The van der Waals surface area contributed by atoms with Crippen molar-refractivity contribution in [1.29, 1.82) is 0 Å². The Kier molecular flexibility index (Phi) is 2.64. The van der Waals surface area contributed by atoms with E-state index in [2.05, 4.69) is 5.32 Å². The molecule has 0 bridgehead atoms. The van der Waals surface area contributed by atoms with Gasteiger partial charge in [-0.1, -0.05) is 0 Å². The zero-order valence-electron chi connectivity index (χ0n) is 7.93. The van der Waals surface area contributed by atoms with Crippen LogP contribution in [-0.4, -0.2) is 26.0 Å². The fraction of sp³-hybridized carbons (Fsp3) is 0.556. The first-order valence-corrected chi connectivity index (χ1v) is 7.32. The molecule has 5 heteroatoms. The van der Waals surface area contributed by atoms with Gasteiger partial charge in [0.15, 0.2) is 9.84 Å². The summed E-state index contributed by atoms with van der Waals surface area (Å²) in [6.45, 7) is 1.91. The Bertz CT molecular complexity index is 396. The molecule has 2 heterocycles. The SMILES string of the molecule is CC1CS(=O)(=O)CC(c2ccsc2)N1. The Morgan fingerprint density at radius 2 is 2.29 bits per heavy atom. The van der Waals surface area contributed by atoms with E-state index in [1.165, 1.54) is 0 Å². The molecule has 1 aromatic heterocycles. The summed E-state index contributed by atoms with van der Waals surface area (Å²) in [5.74, 6) is 0.488. The standard InChI is InChI=1S/C9H13NO2S2/c1-7-5-14(11,12)6-9(10-7)8-2-3-13-4-8/h2-4,7,9-10H,5-6H2,1H3. The van der Waals surface area contributed by atoms with E-state index in [4.69, 9.17) is 0 Å². The smallest absolute Gasteiger partial charge is 0.153 e. The van der Waals surface area contributed by atoms with Crippen LogP contribution < -0.4 is 5.32 Å². The third kappa shape index (κ3) is 2.16. The van der Waals surface area contributed by atoms with Gasteiger partial charge in [-0.15, -0.1) is 0 Å². The zero-order chi connectivity index (χ0) is 10.2. The van der Waals surface area contributed by atoms with E-state index in [-0.39, 0.29) is 23.6 Å². The number of rotatable bonds is 1. The van der Waals surface area contributed by atoms with Crippen LogP contribution in [-0.2, 0) is 9.84 Å². The molecule has 2 rings (SSSR count). The topological polar surface area (TPSA) is 46.2 Å². The van der Waals surface area contributed by atoms with Gasteiger partial charge in [-0.3, -0.25) is 0 Å². The summed E-state index contributed by atoms with van der Waals surface area (Å²) < 4.78 is 23.1. The minimum absolute atomic E-state index is 0.0185. The van der Waals surface area contributed by atoms with E-state index < -0.39 is 9.84 Å². The summed E-state index contributed by atoms with van der Waals surface area (Å²) in [5, 5.41) is 7.28. The number of sulfone groups is 1. The first kappa shape index (κ1) is 10.1. The van der Waals surface area contributed by atoms with Gasteiger partial charge in [0.25, 0.3) is 0 Å². The van der Waals surface area contributed by atoms with Gasteiger partial charge in [0.2, 0.25) is 0 Å². The third-order valence-electron chi connectivity index (χ3n) is 2.36. The number of hydrogen-bond acceptors (Lipinski definition) is 4. The molecule has 3 nitrogen and oxygen atoms in total. The number of thiophene rings is 1. The highest BCUT2D eigenvalue weighted by molar-refractivity contribution is 7.91. The lowest BCUT2D eigenvalue weighted by Crippen LogP contribution is -2.45. The van der Waals surface area contributed by atoms with Gasteiger partial charge < -0.3 is 5.32 Å². The van der Waals surface area contributed by atoms with Crippen LogP contribution >= 0.6 is 11.3 Å². The molecule has 0 amide bonds. The van der Waals surface area contributed by atoms with Crippen LogP contribution in [0.3, 0.4) is 0 Å².